The largest absolute Gasteiger partial charge is 0.500 e. The first-order valence-corrected chi connectivity index (χ1v) is 13.0. The third kappa shape index (κ3) is 7.90. The van der Waals surface area contributed by atoms with Crippen LogP contribution in [-0.4, -0.2) is 65.3 Å². The van der Waals surface area contributed by atoms with Crippen LogP contribution in [0.15, 0.2) is 24.3 Å². The topological polar surface area (TPSA) is 80.3 Å². The lowest BCUT2D eigenvalue weighted by atomic mass is 10.2. The maximum Gasteiger partial charge on any atom is 0.500 e. The van der Waals surface area contributed by atoms with Crippen molar-refractivity contribution in [3.05, 3.63) is 24.3 Å². The van der Waals surface area contributed by atoms with Gasteiger partial charge in [0.2, 0.25) is 0 Å². The molecule has 0 N–H and O–H groups in total. The minimum Gasteiger partial charge on any atom is -0.458 e. The van der Waals surface area contributed by atoms with Crippen LogP contribution in [0, 0.1) is 0 Å². The van der Waals surface area contributed by atoms with E-state index in [0.29, 0.717) is 11.8 Å². The van der Waals surface area contributed by atoms with Crippen molar-refractivity contribution >= 4 is 32.5 Å². The molecule has 0 aromatic heterocycles. The number of esters is 2. The highest BCUT2D eigenvalue weighted by Gasteiger charge is 2.37. The third-order valence-corrected chi connectivity index (χ3v) is 9.10. The SMILES string of the molecule is CO[Si](CCCSC(CC(=O)OC1C=CCC1)C(=O)OC1C=CCC1)(OC)OC. The zero-order valence-corrected chi connectivity index (χ0v) is 19.3. The van der Waals surface area contributed by atoms with Crippen LogP contribution >= 0.6 is 11.8 Å². The molecule has 7 nitrogen and oxygen atoms in total. The van der Waals surface area contributed by atoms with Gasteiger partial charge in [-0.25, -0.2) is 0 Å². The molecule has 2 aliphatic rings. The molecule has 0 aliphatic heterocycles. The quantitative estimate of drug-likeness (QED) is 0.185. The van der Waals surface area contributed by atoms with E-state index in [0.717, 1.165) is 32.1 Å². The molecule has 0 aromatic rings. The Morgan fingerprint density at radius 1 is 1.00 bits per heavy atom. The molecule has 0 radical (unpaired) electrons. The van der Waals surface area contributed by atoms with Crippen molar-refractivity contribution in [1.29, 1.82) is 0 Å². The van der Waals surface area contributed by atoms with Gasteiger partial charge in [0.15, 0.2) is 0 Å². The van der Waals surface area contributed by atoms with Crippen LogP contribution in [0.2, 0.25) is 6.04 Å². The van der Waals surface area contributed by atoms with Gasteiger partial charge in [-0.15, -0.1) is 11.8 Å². The summed E-state index contributed by atoms with van der Waals surface area (Å²) in [6, 6.07) is 0.633. The number of hydrogen-bond acceptors (Lipinski definition) is 8. The minimum absolute atomic E-state index is 0.00563. The van der Waals surface area contributed by atoms with Crippen LogP contribution in [0.25, 0.3) is 0 Å². The Balaban J connectivity index is 1.86. The molecule has 0 spiro atoms. The zero-order valence-electron chi connectivity index (χ0n) is 17.5. The molecule has 0 saturated carbocycles. The first-order chi connectivity index (χ1) is 14.0. The molecule has 2 aliphatic carbocycles. The van der Waals surface area contributed by atoms with Crippen molar-refractivity contribution in [1.82, 2.24) is 0 Å². The maximum atomic E-state index is 12.7. The van der Waals surface area contributed by atoms with E-state index in [1.807, 2.05) is 24.3 Å². The fourth-order valence-corrected chi connectivity index (χ4v) is 6.30. The first kappa shape index (κ1) is 24.1. The van der Waals surface area contributed by atoms with Gasteiger partial charge in [0.1, 0.15) is 17.5 Å². The molecule has 2 rings (SSSR count). The Kier molecular flexibility index (Phi) is 10.4. The summed E-state index contributed by atoms with van der Waals surface area (Å²) in [6.45, 7) is 0. The zero-order chi connectivity index (χ0) is 21.1. The molecule has 29 heavy (non-hydrogen) atoms. The first-order valence-electron chi connectivity index (χ1n) is 10.0. The van der Waals surface area contributed by atoms with Gasteiger partial charge in [-0.1, -0.05) is 12.2 Å². The molecule has 9 heteroatoms. The molecule has 0 aromatic carbocycles. The molecular weight excluding hydrogens is 412 g/mol. The van der Waals surface area contributed by atoms with Gasteiger partial charge in [0, 0.05) is 27.4 Å². The van der Waals surface area contributed by atoms with Gasteiger partial charge in [-0.3, -0.25) is 9.59 Å². The molecule has 0 amide bonds. The van der Waals surface area contributed by atoms with E-state index in [1.54, 1.807) is 21.3 Å². The van der Waals surface area contributed by atoms with Gasteiger partial charge in [0.25, 0.3) is 0 Å². The van der Waals surface area contributed by atoms with Gasteiger partial charge >= 0.3 is 20.7 Å². The summed E-state index contributed by atoms with van der Waals surface area (Å²) >= 11 is 1.41. The highest BCUT2D eigenvalue weighted by molar-refractivity contribution is 8.00. The Morgan fingerprint density at radius 3 is 2.10 bits per heavy atom. The highest BCUT2D eigenvalue weighted by atomic mass is 32.2. The second-order valence-corrected chi connectivity index (χ2v) is 11.4. The van der Waals surface area contributed by atoms with E-state index < -0.39 is 14.1 Å². The average molecular weight is 445 g/mol. The van der Waals surface area contributed by atoms with Gasteiger partial charge < -0.3 is 22.8 Å². The number of carbonyl (C=O) groups excluding carboxylic acids is 2. The van der Waals surface area contributed by atoms with Crippen molar-refractivity contribution in [2.75, 3.05) is 27.1 Å². The summed E-state index contributed by atoms with van der Waals surface area (Å²) in [4.78, 5) is 25.0. The molecule has 3 unspecified atom stereocenters. The molecule has 0 bridgehead atoms. The summed E-state index contributed by atoms with van der Waals surface area (Å²) in [5.41, 5.74) is 0. The summed E-state index contributed by atoms with van der Waals surface area (Å²) in [5, 5.41) is -0.592. The average Bonchev–Trinajstić information content (AvgIpc) is 3.42. The van der Waals surface area contributed by atoms with Crippen LogP contribution in [0.4, 0.5) is 0 Å². The molecular formula is C20H32O7SSi. The number of hydrogen-bond donors (Lipinski definition) is 0. The highest BCUT2D eigenvalue weighted by Crippen LogP contribution is 2.25. The maximum absolute atomic E-state index is 12.7. The van der Waals surface area contributed by atoms with Crippen molar-refractivity contribution in [2.24, 2.45) is 0 Å². The van der Waals surface area contributed by atoms with Crippen LogP contribution in [-0.2, 0) is 32.3 Å². The molecule has 0 fully saturated rings. The second-order valence-electron chi connectivity index (χ2n) is 6.98. The van der Waals surface area contributed by atoms with E-state index in [1.165, 1.54) is 11.8 Å². The van der Waals surface area contributed by atoms with Crippen LogP contribution < -0.4 is 0 Å². The van der Waals surface area contributed by atoms with Gasteiger partial charge in [-0.05, 0) is 50.0 Å². The summed E-state index contributed by atoms with van der Waals surface area (Å²) in [5.74, 6) is -0.0756. The van der Waals surface area contributed by atoms with E-state index in [4.69, 9.17) is 22.8 Å². The van der Waals surface area contributed by atoms with Crippen LogP contribution in [0.1, 0.15) is 38.5 Å². The number of thioether (sulfide) groups is 1. The lowest BCUT2D eigenvalue weighted by Gasteiger charge is -2.24. The summed E-state index contributed by atoms with van der Waals surface area (Å²) in [7, 11) is 2.09. The molecule has 0 saturated heterocycles. The monoisotopic (exact) mass is 444 g/mol. The summed E-state index contributed by atoms with van der Waals surface area (Å²) in [6.07, 6.45) is 11.6. The van der Waals surface area contributed by atoms with E-state index in [9.17, 15) is 9.59 Å². The van der Waals surface area contributed by atoms with Crippen LogP contribution in [0.5, 0.6) is 0 Å². The summed E-state index contributed by atoms with van der Waals surface area (Å²) < 4.78 is 27.3. The standard InChI is InChI=1S/C20H32O7SSi/c1-23-29(24-2,25-3)14-8-13-28-18(20(22)27-17-11-6-7-12-17)15-19(21)26-16-9-4-5-10-16/h4,6,9,11,16-18H,5,7-8,10,12-15H2,1-3H3. The number of ether oxygens (including phenoxy) is 2. The number of allylic oxidation sites excluding steroid dienone is 2. The van der Waals surface area contributed by atoms with Crippen molar-refractivity contribution < 1.29 is 32.3 Å². The van der Waals surface area contributed by atoms with Crippen molar-refractivity contribution in [2.45, 2.75) is 62.0 Å². The van der Waals surface area contributed by atoms with Crippen molar-refractivity contribution in [3.63, 3.8) is 0 Å². The predicted molar refractivity (Wildman–Crippen MR) is 114 cm³/mol. The van der Waals surface area contributed by atoms with Crippen molar-refractivity contribution in [3.8, 4) is 0 Å². The number of rotatable bonds is 13. The predicted octanol–water partition coefficient (Wildman–Crippen LogP) is 3.27. The Morgan fingerprint density at radius 2 is 1.59 bits per heavy atom. The Bertz CT molecular complexity index is 583. The Labute approximate surface area is 178 Å². The fraction of sp³-hybridized carbons (Fsp3) is 0.700. The minimum atomic E-state index is -2.64. The van der Waals surface area contributed by atoms with Gasteiger partial charge in [0.05, 0.1) is 6.42 Å². The van der Waals surface area contributed by atoms with Gasteiger partial charge in [-0.2, -0.15) is 0 Å². The lowest BCUT2D eigenvalue weighted by molar-refractivity contribution is -0.153. The molecule has 164 valence electrons. The van der Waals surface area contributed by atoms with E-state index >= 15 is 0 Å². The second kappa shape index (κ2) is 12.5. The third-order valence-electron chi connectivity index (χ3n) is 4.98. The number of carbonyl (C=O) groups is 2. The van der Waals surface area contributed by atoms with E-state index in [2.05, 4.69) is 0 Å². The fourth-order valence-electron chi connectivity index (χ4n) is 3.28. The smallest absolute Gasteiger partial charge is 0.458 e. The lowest BCUT2D eigenvalue weighted by Crippen LogP contribution is -2.42. The Hall–Kier alpha value is -1.13. The normalized spacial score (nSPS) is 22.0. The molecule has 3 atom stereocenters. The van der Waals surface area contributed by atoms with Crippen LogP contribution in [0.3, 0.4) is 0 Å². The van der Waals surface area contributed by atoms with E-state index in [-0.39, 0.29) is 30.6 Å². The molecule has 0 heterocycles.